The molecule has 2 N–H and O–H groups in total. The molecule has 0 aromatic carbocycles. The van der Waals surface area contributed by atoms with E-state index in [2.05, 4.69) is 15.3 Å². The number of amides is 1. The summed E-state index contributed by atoms with van der Waals surface area (Å²) in [5, 5.41) is 4.04. The molecule has 0 saturated heterocycles. The van der Waals surface area contributed by atoms with E-state index in [1.807, 2.05) is 6.92 Å². The van der Waals surface area contributed by atoms with Crippen LogP contribution in [0.1, 0.15) is 43.0 Å². The molecule has 1 amide bonds. The van der Waals surface area contributed by atoms with Crippen LogP contribution in [0.25, 0.3) is 10.2 Å². The second-order valence-corrected chi connectivity index (χ2v) is 8.72. The van der Waals surface area contributed by atoms with Crippen molar-refractivity contribution in [2.45, 2.75) is 61.9 Å². The lowest BCUT2D eigenvalue weighted by Crippen LogP contribution is -2.32. The number of aromatic nitrogens is 2. The highest BCUT2D eigenvalue weighted by Gasteiger charge is 2.27. The monoisotopic (exact) mass is 349 g/mol. The maximum Gasteiger partial charge on any atom is 0.260 e. The highest BCUT2D eigenvalue weighted by Crippen LogP contribution is 2.34. The number of H-pyrrole nitrogens is 1. The third-order valence-corrected chi connectivity index (χ3v) is 6.55. The van der Waals surface area contributed by atoms with Crippen molar-refractivity contribution >= 4 is 39.2 Å². The Labute approximate surface area is 142 Å². The zero-order chi connectivity index (χ0) is 16.0. The van der Waals surface area contributed by atoms with E-state index in [0.717, 1.165) is 42.3 Å². The number of aryl methyl sites for hydroxylation is 2. The van der Waals surface area contributed by atoms with Crippen molar-refractivity contribution in [2.24, 2.45) is 0 Å². The molecule has 1 fully saturated rings. The number of rotatable bonds is 4. The van der Waals surface area contributed by atoms with Gasteiger partial charge in [-0.1, -0.05) is 11.8 Å². The molecule has 23 heavy (non-hydrogen) atoms. The molecule has 0 bridgehead atoms. The molecule has 4 rings (SSSR count). The molecule has 7 heteroatoms. The Morgan fingerprint density at radius 2 is 2.17 bits per heavy atom. The van der Waals surface area contributed by atoms with E-state index in [4.69, 9.17) is 0 Å². The highest BCUT2D eigenvalue weighted by molar-refractivity contribution is 8.00. The van der Waals surface area contributed by atoms with Crippen LogP contribution < -0.4 is 10.9 Å². The Balaban J connectivity index is 1.60. The lowest BCUT2D eigenvalue weighted by atomic mass is 9.97. The Bertz CT molecular complexity index is 823. The number of nitrogens with zero attached hydrogens (tertiary/aromatic N) is 1. The highest BCUT2D eigenvalue weighted by atomic mass is 32.2. The minimum atomic E-state index is -0.259. The number of thiophene rings is 1. The SMILES string of the molecule is C[C@H](Sc1nc2sc3c(c2c(=O)[nH]1)CCCC3)C(=O)NC1CC1. The first-order chi connectivity index (χ1) is 11.1. The maximum absolute atomic E-state index is 12.5. The molecule has 2 aliphatic rings. The molecular formula is C16H19N3O2S2. The minimum Gasteiger partial charge on any atom is -0.352 e. The number of thioether (sulfide) groups is 1. The van der Waals surface area contributed by atoms with Crippen molar-refractivity contribution < 1.29 is 4.79 Å². The van der Waals surface area contributed by atoms with Gasteiger partial charge in [-0.3, -0.25) is 9.59 Å². The van der Waals surface area contributed by atoms with E-state index in [1.54, 1.807) is 11.3 Å². The van der Waals surface area contributed by atoms with Gasteiger partial charge >= 0.3 is 0 Å². The van der Waals surface area contributed by atoms with Crippen LogP contribution in [0.2, 0.25) is 0 Å². The summed E-state index contributed by atoms with van der Waals surface area (Å²) in [4.78, 5) is 34.1. The molecule has 122 valence electrons. The molecule has 1 saturated carbocycles. The van der Waals surface area contributed by atoms with Gasteiger partial charge in [0.1, 0.15) is 4.83 Å². The number of carbonyl (C=O) groups excluding carboxylic acids is 1. The van der Waals surface area contributed by atoms with E-state index in [9.17, 15) is 9.59 Å². The maximum atomic E-state index is 12.5. The van der Waals surface area contributed by atoms with E-state index >= 15 is 0 Å². The van der Waals surface area contributed by atoms with Gasteiger partial charge in [0.25, 0.3) is 5.56 Å². The van der Waals surface area contributed by atoms with Crippen LogP contribution in [-0.2, 0) is 17.6 Å². The summed E-state index contributed by atoms with van der Waals surface area (Å²) in [6.45, 7) is 1.85. The number of carbonyl (C=O) groups is 1. The summed E-state index contributed by atoms with van der Waals surface area (Å²) in [5.74, 6) is 0.0192. The number of hydrogen-bond donors (Lipinski definition) is 2. The van der Waals surface area contributed by atoms with E-state index in [1.165, 1.54) is 28.6 Å². The predicted molar refractivity (Wildman–Crippen MR) is 93.4 cm³/mol. The third kappa shape index (κ3) is 3.04. The van der Waals surface area contributed by atoms with Gasteiger partial charge in [-0.05, 0) is 51.0 Å². The largest absolute Gasteiger partial charge is 0.352 e. The summed E-state index contributed by atoms with van der Waals surface area (Å²) in [6, 6.07) is 0.351. The molecule has 1 atom stereocenters. The van der Waals surface area contributed by atoms with Crippen LogP contribution in [0.5, 0.6) is 0 Å². The summed E-state index contributed by atoms with van der Waals surface area (Å²) in [5.41, 5.74) is 1.13. The fraction of sp³-hybridized carbons (Fsp3) is 0.562. The van der Waals surface area contributed by atoms with Gasteiger partial charge in [0.15, 0.2) is 5.16 Å². The van der Waals surface area contributed by atoms with Crippen LogP contribution in [-0.4, -0.2) is 27.2 Å². The first-order valence-electron chi connectivity index (χ1n) is 8.13. The van der Waals surface area contributed by atoms with Crippen LogP contribution in [0.4, 0.5) is 0 Å². The van der Waals surface area contributed by atoms with Gasteiger partial charge in [-0.2, -0.15) is 0 Å². The number of aromatic amines is 1. The van der Waals surface area contributed by atoms with E-state index < -0.39 is 0 Å². The van der Waals surface area contributed by atoms with Crippen molar-refractivity contribution in [3.8, 4) is 0 Å². The van der Waals surface area contributed by atoms with Gasteiger partial charge in [-0.25, -0.2) is 4.98 Å². The zero-order valence-corrected chi connectivity index (χ0v) is 14.6. The fourth-order valence-electron chi connectivity index (χ4n) is 2.97. The Morgan fingerprint density at radius 1 is 1.39 bits per heavy atom. The number of hydrogen-bond acceptors (Lipinski definition) is 5. The molecule has 2 aromatic heterocycles. The van der Waals surface area contributed by atoms with Crippen molar-refractivity contribution in [3.63, 3.8) is 0 Å². The van der Waals surface area contributed by atoms with Crippen LogP contribution in [0.3, 0.4) is 0 Å². The van der Waals surface area contributed by atoms with Crippen LogP contribution in [0, 0.1) is 0 Å². The van der Waals surface area contributed by atoms with E-state index in [0.29, 0.717) is 11.2 Å². The summed E-state index contributed by atoms with van der Waals surface area (Å²) < 4.78 is 0. The molecule has 2 aromatic rings. The Morgan fingerprint density at radius 3 is 2.96 bits per heavy atom. The average molecular weight is 349 g/mol. The predicted octanol–water partition coefficient (Wildman–Crippen LogP) is 2.62. The standard InChI is InChI=1S/C16H19N3O2S2/c1-8(13(20)17-9-6-7-9)22-16-18-14(21)12-10-4-2-3-5-11(10)23-15(12)19-16/h8-9H,2-7H2,1H3,(H,17,20)(H,18,19,21)/t8-/m0/s1. The second-order valence-electron chi connectivity index (χ2n) is 6.31. The molecule has 2 aliphatic carbocycles. The molecular weight excluding hydrogens is 330 g/mol. The molecule has 0 radical (unpaired) electrons. The second kappa shape index (κ2) is 5.94. The zero-order valence-electron chi connectivity index (χ0n) is 13.0. The van der Waals surface area contributed by atoms with Crippen molar-refractivity contribution in [3.05, 3.63) is 20.8 Å². The van der Waals surface area contributed by atoms with Crippen LogP contribution in [0.15, 0.2) is 9.95 Å². The van der Waals surface area contributed by atoms with Gasteiger partial charge in [0.05, 0.1) is 10.6 Å². The molecule has 0 unspecified atom stereocenters. The Hall–Kier alpha value is -1.34. The average Bonchev–Trinajstić information content (AvgIpc) is 3.24. The smallest absolute Gasteiger partial charge is 0.260 e. The minimum absolute atomic E-state index is 0.0192. The van der Waals surface area contributed by atoms with Gasteiger partial charge in [0, 0.05) is 10.9 Å². The molecule has 5 nitrogen and oxygen atoms in total. The quantitative estimate of drug-likeness (QED) is 0.657. The normalized spacial score (nSPS) is 18.7. The summed E-state index contributed by atoms with van der Waals surface area (Å²) in [6.07, 6.45) is 6.52. The number of nitrogens with one attached hydrogen (secondary N) is 2. The first-order valence-corrected chi connectivity index (χ1v) is 9.83. The van der Waals surface area contributed by atoms with E-state index in [-0.39, 0.29) is 16.7 Å². The van der Waals surface area contributed by atoms with Crippen molar-refractivity contribution in [2.75, 3.05) is 0 Å². The van der Waals surface area contributed by atoms with Gasteiger partial charge in [0.2, 0.25) is 5.91 Å². The summed E-state index contributed by atoms with van der Waals surface area (Å²) in [7, 11) is 0. The topological polar surface area (TPSA) is 74.8 Å². The Kier molecular flexibility index (Phi) is 3.93. The summed E-state index contributed by atoms with van der Waals surface area (Å²) >= 11 is 2.96. The first kappa shape index (κ1) is 15.2. The molecule has 0 spiro atoms. The lowest BCUT2D eigenvalue weighted by Gasteiger charge is -2.11. The lowest BCUT2D eigenvalue weighted by molar-refractivity contribution is -0.120. The van der Waals surface area contributed by atoms with Crippen LogP contribution >= 0.6 is 23.1 Å². The molecule has 0 aliphatic heterocycles. The third-order valence-electron chi connectivity index (χ3n) is 4.38. The van der Waals surface area contributed by atoms with Gasteiger partial charge < -0.3 is 10.3 Å². The fourth-order valence-corrected chi connectivity index (χ4v) is 5.09. The molecule has 2 heterocycles. The number of fused-ring (bicyclic) bond motifs is 3. The van der Waals surface area contributed by atoms with Crippen molar-refractivity contribution in [1.82, 2.24) is 15.3 Å². The van der Waals surface area contributed by atoms with Crippen molar-refractivity contribution in [1.29, 1.82) is 0 Å². The van der Waals surface area contributed by atoms with Gasteiger partial charge in [-0.15, -0.1) is 11.3 Å².